The van der Waals surface area contributed by atoms with Crippen molar-refractivity contribution in [1.29, 1.82) is 0 Å². The van der Waals surface area contributed by atoms with Crippen LogP contribution in [-0.2, 0) is 21.4 Å². The van der Waals surface area contributed by atoms with E-state index in [0.29, 0.717) is 25.1 Å². The molecule has 2 heterocycles. The molecule has 1 fully saturated rings. The summed E-state index contributed by atoms with van der Waals surface area (Å²) in [7, 11) is 1.86. The molecule has 0 saturated carbocycles. The van der Waals surface area contributed by atoms with Gasteiger partial charge in [-0.25, -0.2) is 4.79 Å². The summed E-state index contributed by atoms with van der Waals surface area (Å²) in [5.41, 5.74) is 1.89. The van der Waals surface area contributed by atoms with E-state index in [9.17, 15) is 19.2 Å². The zero-order chi connectivity index (χ0) is 29.7. The number of unbranched alkanes of at least 4 members (excludes halogenated alkanes) is 1. The summed E-state index contributed by atoms with van der Waals surface area (Å²) in [6.45, 7) is 8.29. The van der Waals surface area contributed by atoms with Crippen molar-refractivity contribution in [3.63, 3.8) is 0 Å². The number of amides is 3. The summed E-state index contributed by atoms with van der Waals surface area (Å²) >= 11 is 0. The van der Waals surface area contributed by atoms with Gasteiger partial charge in [0.1, 0.15) is 17.8 Å². The molecule has 9 nitrogen and oxygen atoms in total. The minimum Gasteiger partial charge on any atom is -0.444 e. The van der Waals surface area contributed by atoms with Gasteiger partial charge in [-0.1, -0.05) is 82.1 Å². The van der Waals surface area contributed by atoms with Crippen molar-refractivity contribution in [2.75, 3.05) is 13.1 Å². The van der Waals surface area contributed by atoms with Gasteiger partial charge in [0.2, 0.25) is 5.78 Å². The maximum absolute atomic E-state index is 13.5. The van der Waals surface area contributed by atoms with Crippen LogP contribution in [0.5, 0.6) is 0 Å². The molecule has 0 radical (unpaired) electrons. The SMILES string of the molecule is CCCC[C@H](NC(=O)O[C@H]1CN(C(=O)c2cc3ccccc3n2C)CC1(C)C)C(=O)C(=O)N[C@H](C)c1ccccc1. The van der Waals surface area contributed by atoms with E-state index in [1.807, 2.05) is 93.0 Å². The standard InChI is InChI=1S/C32H40N4O5/c1-6-7-16-24(28(37)29(38)33-21(2)22-13-9-8-10-14-22)34-31(40)41-27-19-36(20-32(27,3)4)30(39)26-18-23-15-11-12-17-25(23)35(26)5/h8-15,17-18,21,24,27H,6-7,16,19-20H2,1-5H3,(H,33,38)(H,34,40)/t21-,24+,27+/m1/s1. The number of hydrogen-bond acceptors (Lipinski definition) is 5. The van der Waals surface area contributed by atoms with Gasteiger partial charge in [0.15, 0.2) is 0 Å². The second-order valence-electron chi connectivity index (χ2n) is 11.5. The predicted octanol–water partition coefficient (Wildman–Crippen LogP) is 4.76. The lowest BCUT2D eigenvalue weighted by Gasteiger charge is -2.26. The third-order valence-corrected chi connectivity index (χ3v) is 7.89. The van der Waals surface area contributed by atoms with Gasteiger partial charge in [0.05, 0.1) is 12.6 Å². The molecular weight excluding hydrogens is 520 g/mol. The van der Waals surface area contributed by atoms with Crippen molar-refractivity contribution < 1.29 is 23.9 Å². The molecule has 0 bridgehead atoms. The van der Waals surface area contributed by atoms with Gasteiger partial charge in [-0.3, -0.25) is 14.4 Å². The summed E-state index contributed by atoms with van der Waals surface area (Å²) in [6.07, 6.45) is 0.400. The Hall–Kier alpha value is -4.14. The highest BCUT2D eigenvalue weighted by Crippen LogP contribution is 2.33. The average molecular weight is 561 g/mol. The van der Waals surface area contributed by atoms with Crippen LogP contribution in [-0.4, -0.2) is 58.4 Å². The Labute approximate surface area is 241 Å². The molecule has 3 atom stereocenters. The maximum atomic E-state index is 13.5. The zero-order valence-electron chi connectivity index (χ0n) is 24.5. The minimum atomic E-state index is -1.01. The molecule has 41 heavy (non-hydrogen) atoms. The lowest BCUT2D eigenvalue weighted by Crippen LogP contribution is -2.49. The second kappa shape index (κ2) is 12.6. The number of ether oxygens (including phenoxy) is 1. The quantitative estimate of drug-likeness (QED) is 0.348. The van der Waals surface area contributed by atoms with Crippen LogP contribution in [0.25, 0.3) is 10.9 Å². The first kappa shape index (κ1) is 29.8. The van der Waals surface area contributed by atoms with Crippen molar-refractivity contribution >= 4 is 34.6 Å². The Balaban J connectivity index is 1.40. The van der Waals surface area contributed by atoms with Crippen LogP contribution in [0, 0.1) is 5.41 Å². The number of ketones is 1. The van der Waals surface area contributed by atoms with Crippen molar-refractivity contribution in [1.82, 2.24) is 20.1 Å². The molecule has 0 spiro atoms. The van der Waals surface area contributed by atoms with E-state index in [4.69, 9.17) is 4.74 Å². The van der Waals surface area contributed by atoms with E-state index < -0.39 is 35.3 Å². The van der Waals surface area contributed by atoms with Crippen molar-refractivity contribution in [2.45, 2.75) is 65.1 Å². The monoisotopic (exact) mass is 560 g/mol. The first-order chi connectivity index (χ1) is 19.5. The molecule has 218 valence electrons. The highest BCUT2D eigenvalue weighted by atomic mass is 16.6. The number of carbonyl (C=O) groups is 4. The lowest BCUT2D eigenvalue weighted by atomic mass is 9.90. The molecule has 2 N–H and O–H groups in total. The van der Waals surface area contributed by atoms with Gasteiger partial charge < -0.3 is 24.8 Å². The summed E-state index contributed by atoms with van der Waals surface area (Å²) in [4.78, 5) is 54.1. The number of nitrogens with one attached hydrogen (secondary N) is 2. The van der Waals surface area contributed by atoms with Crippen LogP contribution in [0.4, 0.5) is 4.79 Å². The van der Waals surface area contributed by atoms with Crippen LogP contribution in [0.3, 0.4) is 0 Å². The number of hydrogen-bond donors (Lipinski definition) is 2. The number of aryl methyl sites for hydroxylation is 1. The molecule has 9 heteroatoms. The molecule has 3 aromatic rings. The van der Waals surface area contributed by atoms with Crippen molar-refractivity contribution in [3.8, 4) is 0 Å². The van der Waals surface area contributed by atoms with Gasteiger partial charge in [-0.05, 0) is 31.0 Å². The molecule has 0 aliphatic carbocycles. The summed E-state index contributed by atoms with van der Waals surface area (Å²) < 4.78 is 7.66. The molecule has 3 amide bonds. The number of carbonyl (C=O) groups excluding carboxylic acids is 4. The van der Waals surface area contributed by atoms with Crippen LogP contribution in [0.2, 0.25) is 0 Å². The fraction of sp³-hybridized carbons (Fsp3) is 0.438. The van der Waals surface area contributed by atoms with Crippen LogP contribution < -0.4 is 10.6 Å². The third-order valence-electron chi connectivity index (χ3n) is 7.89. The minimum absolute atomic E-state index is 0.136. The van der Waals surface area contributed by atoms with Crippen molar-refractivity contribution in [2.24, 2.45) is 12.5 Å². The van der Waals surface area contributed by atoms with Crippen molar-refractivity contribution in [3.05, 3.63) is 71.9 Å². The third kappa shape index (κ3) is 6.78. The molecular formula is C32H40N4O5. The largest absolute Gasteiger partial charge is 0.444 e. The van der Waals surface area contributed by atoms with E-state index >= 15 is 0 Å². The Morgan fingerprint density at radius 1 is 1.02 bits per heavy atom. The van der Waals surface area contributed by atoms with Gasteiger partial charge >= 0.3 is 6.09 Å². The molecule has 2 aromatic carbocycles. The van der Waals surface area contributed by atoms with E-state index in [0.717, 1.165) is 22.9 Å². The normalized spacial score (nSPS) is 17.6. The Kier molecular flexibility index (Phi) is 9.15. The van der Waals surface area contributed by atoms with Gasteiger partial charge in [-0.2, -0.15) is 0 Å². The molecule has 1 saturated heterocycles. The fourth-order valence-electron chi connectivity index (χ4n) is 5.35. The number of benzene rings is 2. The van der Waals surface area contributed by atoms with E-state index in [2.05, 4.69) is 10.6 Å². The van der Waals surface area contributed by atoms with Gasteiger partial charge in [0.25, 0.3) is 11.8 Å². The highest BCUT2D eigenvalue weighted by Gasteiger charge is 2.45. The molecule has 1 aliphatic heterocycles. The summed E-state index contributed by atoms with van der Waals surface area (Å²) in [6, 6.07) is 17.7. The number of likely N-dealkylation sites (tertiary alicyclic amines) is 1. The average Bonchev–Trinajstić information content (AvgIpc) is 3.45. The van der Waals surface area contributed by atoms with E-state index in [1.54, 1.807) is 11.8 Å². The number of Topliss-reactive ketones (excluding diaryl/α,β-unsaturated/α-hetero) is 1. The number of nitrogens with zero attached hydrogens (tertiary/aromatic N) is 2. The van der Waals surface area contributed by atoms with Crippen LogP contribution in [0.1, 0.15) is 69.1 Å². The van der Waals surface area contributed by atoms with Gasteiger partial charge in [0, 0.05) is 29.9 Å². The molecule has 1 aromatic heterocycles. The first-order valence-electron chi connectivity index (χ1n) is 14.2. The number of para-hydroxylation sites is 1. The number of rotatable bonds is 10. The smallest absolute Gasteiger partial charge is 0.408 e. The molecule has 4 rings (SSSR count). The summed E-state index contributed by atoms with van der Waals surface area (Å²) in [5, 5.41) is 6.35. The first-order valence-corrected chi connectivity index (χ1v) is 14.2. The Morgan fingerprint density at radius 2 is 1.71 bits per heavy atom. The number of aromatic nitrogens is 1. The fourth-order valence-corrected chi connectivity index (χ4v) is 5.35. The Morgan fingerprint density at radius 3 is 2.39 bits per heavy atom. The number of alkyl carbamates (subject to hydrolysis) is 1. The van der Waals surface area contributed by atoms with Gasteiger partial charge in [-0.15, -0.1) is 0 Å². The van der Waals surface area contributed by atoms with E-state index in [-0.39, 0.29) is 18.5 Å². The van der Waals surface area contributed by atoms with Crippen LogP contribution >= 0.6 is 0 Å². The molecule has 1 aliphatic rings. The second-order valence-corrected chi connectivity index (χ2v) is 11.5. The lowest BCUT2D eigenvalue weighted by molar-refractivity contribution is -0.139. The Bertz CT molecular complexity index is 1410. The summed E-state index contributed by atoms with van der Waals surface area (Å²) in [5.74, 6) is -1.60. The number of fused-ring (bicyclic) bond motifs is 1. The van der Waals surface area contributed by atoms with E-state index in [1.165, 1.54) is 0 Å². The molecule has 0 unspecified atom stereocenters. The zero-order valence-corrected chi connectivity index (χ0v) is 24.5. The van der Waals surface area contributed by atoms with Crippen LogP contribution in [0.15, 0.2) is 60.7 Å². The predicted molar refractivity (Wildman–Crippen MR) is 157 cm³/mol. The topological polar surface area (TPSA) is 110 Å². The maximum Gasteiger partial charge on any atom is 0.408 e. The highest BCUT2D eigenvalue weighted by molar-refractivity contribution is 6.38.